The summed E-state index contributed by atoms with van der Waals surface area (Å²) in [5.74, 6) is 5.30. The number of nitrogens with zero attached hydrogens (tertiary/aromatic N) is 1. The van der Waals surface area contributed by atoms with E-state index in [0.717, 1.165) is 4.47 Å². The average Bonchev–Trinajstić information content (AvgIpc) is 2.42. The van der Waals surface area contributed by atoms with Crippen LogP contribution in [-0.4, -0.2) is 4.92 Å². The zero-order valence-corrected chi connectivity index (χ0v) is 12.4. The Morgan fingerprint density at radius 2 is 1.90 bits per heavy atom. The van der Waals surface area contributed by atoms with Gasteiger partial charge in [-0.15, -0.1) is 0 Å². The van der Waals surface area contributed by atoms with Gasteiger partial charge in [0.1, 0.15) is 0 Å². The molecule has 6 nitrogen and oxygen atoms in total. The predicted molar refractivity (Wildman–Crippen MR) is 83.3 cm³/mol. The third kappa shape index (κ3) is 3.38. The summed E-state index contributed by atoms with van der Waals surface area (Å²) in [4.78, 5) is 10.4. The molecule has 0 saturated carbocycles. The van der Waals surface area contributed by atoms with Gasteiger partial charge in [-0.3, -0.25) is 16.0 Å². The van der Waals surface area contributed by atoms with Gasteiger partial charge in [0.2, 0.25) is 0 Å². The van der Waals surface area contributed by atoms with Crippen molar-refractivity contribution in [1.29, 1.82) is 0 Å². The van der Waals surface area contributed by atoms with Crippen LogP contribution in [0.25, 0.3) is 0 Å². The largest absolute Gasteiger partial charge is 0.354 e. The summed E-state index contributed by atoms with van der Waals surface area (Å²) in [6, 6.07) is 9.63. The number of anilines is 3. The second-order valence-electron chi connectivity index (χ2n) is 3.92. The van der Waals surface area contributed by atoms with Crippen LogP contribution in [0.5, 0.6) is 0 Å². The van der Waals surface area contributed by atoms with Gasteiger partial charge in [0, 0.05) is 27.3 Å². The fourth-order valence-electron chi connectivity index (χ4n) is 1.62. The lowest BCUT2D eigenvalue weighted by Crippen LogP contribution is -2.07. The van der Waals surface area contributed by atoms with E-state index in [-0.39, 0.29) is 5.69 Å². The minimum Gasteiger partial charge on any atom is -0.354 e. The SMILES string of the molecule is NNc1cc(Nc2cc(Cl)ccc2Br)cc([N+](=O)[O-])c1. The Balaban J connectivity index is 2.39. The lowest BCUT2D eigenvalue weighted by molar-refractivity contribution is -0.384. The molecule has 8 heteroatoms. The van der Waals surface area contributed by atoms with Crippen LogP contribution in [0.15, 0.2) is 40.9 Å². The summed E-state index contributed by atoms with van der Waals surface area (Å²) < 4.78 is 0.788. The maximum Gasteiger partial charge on any atom is 0.273 e. The number of rotatable bonds is 4. The number of benzene rings is 2. The molecule has 104 valence electrons. The molecule has 0 aliphatic rings. The number of nitrogen functional groups attached to an aromatic ring is 1. The van der Waals surface area contributed by atoms with E-state index in [1.165, 1.54) is 12.1 Å². The van der Waals surface area contributed by atoms with Gasteiger partial charge in [-0.1, -0.05) is 11.6 Å². The minimum atomic E-state index is -0.487. The van der Waals surface area contributed by atoms with Crippen molar-refractivity contribution in [3.8, 4) is 0 Å². The Labute approximate surface area is 128 Å². The topological polar surface area (TPSA) is 93.2 Å². The van der Waals surface area contributed by atoms with E-state index in [0.29, 0.717) is 22.1 Å². The van der Waals surface area contributed by atoms with Crippen molar-refractivity contribution in [2.75, 3.05) is 10.7 Å². The summed E-state index contributed by atoms with van der Waals surface area (Å²) in [6.45, 7) is 0. The van der Waals surface area contributed by atoms with Gasteiger partial charge in [0.05, 0.1) is 16.3 Å². The molecule has 0 aliphatic carbocycles. The number of hydrazine groups is 1. The van der Waals surface area contributed by atoms with E-state index in [9.17, 15) is 10.1 Å². The summed E-state index contributed by atoms with van der Waals surface area (Å²) in [7, 11) is 0. The molecular weight excluding hydrogens is 348 g/mol. The second kappa shape index (κ2) is 6.08. The van der Waals surface area contributed by atoms with E-state index in [1.54, 1.807) is 24.3 Å². The number of nitrogens with two attached hydrogens (primary N) is 1. The van der Waals surface area contributed by atoms with E-state index in [4.69, 9.17) is 17.4 Å². The highest BCUT2D eigenvalue weighted by atomic mass is 79.9. The molecule has 20 heavy (non-hydrogen) atoms. The molecule has 0 aromatic heterocycles. The smallest absolute Gasteiger partial charge is 0.273 e. The number of nitrogens with one attached hydrogen (secondary N) is 2. The van der Waals surface area contributed by atoms with Crippen LogP contribution in [0.1, 0.15) is 0 Å². The van der Waals surface area contributed by atoms with Crippen molar-refractivity contribution >= 4 is 50.3 Å². The zero-order valence-electron chi connectivity index (χ0n) is 10.1. The Morgan fingerprint density at radius 3 is 2.55 bits per heavy atom. The van der Waals surface area contributed by atoms with Crippen molar-refractivity contribution in [2.45, 2.75) is 0 Å². The van der Waals surface area contributed by atoms with Crippen LogP contribution in [0.2, 0.25) is 5.02 Å². The van der Waals surface area contributed by atoms with E-state index in [2.05, 4.69) is 26.7 Å². The predicted octanol–water partition coefficient (Wildman–Crippen LogP) is 4.04. The van der Waals surface area contributed by atoms with Gasteiger partial charge >= 0.3 is 0 Å². The summed E-state index contributed by atoms with van der Waals surface area (Å²) in [6.07, 6.45) is 0. The van der Waals surface area contributed by atoms with Gasteiger partial charge in [-0.2, -0.15) is 0 Å². The average molecular weight is 358 g/mol. The fraction of sp³-hybridized carbons (Fsp3) is 0. The summed E-state index contributed by atoms with van der Waals surface area (Å²) in [5.41, 5.74) is 3.97. The molecule has 2 rings (SSSR count). The van der Waals surface area contributed by atoms with Crippen LogP contribution in [0.3, 0.4) is 0 Å². The standard InChI is InChI=1S/C12H10BrClN4O2/c13-11-2-1-7(14)3-12(11)16-8-4-9(17-15)6-10(5-8)18(19)20/h1-6,16-17H,15H2. The number of nitro groups is 1. The molecule has 0 aliphatic heterocycles. The Hall–Kier alpha value is -1.83. The van der Waals surface area contributed by atoms with Gasteiger partial charge < -0.3 is 10.7 Å². The number of non-ortho nitro benzene ring substituents is 1. The molecule has 0 bridgehead atoms. The quantitative estimate of drug-likeness (QED) is 0.436. The molecule has 0 heterocycles. The van der Waals surface area contributed by atoms with Crippen LogP contribution in [0.4, 0.5) is 22.7 Å². The van der Waals surface area contributed by atoms with E-state index < -0.39 is 4.92 Å². The molecule has 0 fully saturated rings. The van der Waals surface area contributed by atoms with Crippen molar-refractivity contribution in [3.05, 3.63) is 56.0 Å². The molecule has 2 aromatic rings. The number of halogens is 2. The molecule has 0 atom stereocenters. The maximum atomic E-state index is 10.9. The van der Waals surface area contributed by atoms with Gasteiger partial charge in [0.15, 0.2) is 0 Å². The van der Waals surface area contributed by atoms with Gasteiger partial charge in [-0.25, -0.2) is 0 Å². The molecule has 4 N–H and O–H groups in total. The Morgan fingerprint density at radius 1 is 1.20 bits per heavy atom. The number of hydrogen-bond acceptors (Lipinski definition) is 5. The lowest BCUT2D eigenvalue weighted by atomic mass is 10.2. The maximum absolute atomic E-state index is 10.9. The lowest BCUT2D eigenvalue weighted by Gasteiger charge is -2.10. The van der Waals surface area contributed by atoms with Crippen LogP contribution in [-0.2, 0) is 0 Å². The molecule has 0 radical (unpaired) electrons. The molecule has 0 spiro atoms. The third-order valence-electron chi connectivity index (χ3n) is 2.50. The van der Waals surface area contributed by atoms with Crippen molar-refractivity contribution in [3.63, 3.8) is 0 Å². The van der Waals surface area contributed by atoms with Crippen molar-refractivity contribution in [2.24, 2.45) is 5.84 Å². The molecule has 0 unspecified atom stereocenters. The highest BCUT2D eigenvalue weighted by Crippen LogP contribution is 2.31. The van der Waals surface area contributed by atoms with E-state index in [1.807, 2.05) is 0 Å². The highest BCUT2D eigenvalue weighted by molar-refractivity contribution is 9.10. The molecular formula is C12H10BrClN4O2. The first-order valence-electron chi connectivity index (χ1n) is 5.48. The summed E-state index contributed by atoms with van der Waals surface area (Å²) >= 11 is 9.30. The fourth-order valence-corrected chi connectivity index (χ4v) is 2.14. The molecule has 2 aromatic carbocycles. The highest BCUT2D eigenvalue weighted by Gasteiger charge is 2.10. The van der Waals surface area contributed by atoms with Crippen molar-refractivity contribution in [1.82, 2.24) is 0 Å². The first-order chi connectivity index (χ1) is 9.49. The van der Waals surface area contributed by atoms with Crippen molar-refractivity contribution < 1.29 is 4.92 Å². The van der Waals surface area contributed by atoms with Crippen LogP contribution >= 0.6 is 27.5 Å². The third-order valence-corrected chi connectivity index (χ3v) is 3.43. The number of hydrogen-bond donors (Lipinski definition) is 3. The zero-order chi connectivity index (χ0) is 14.7. The van der Waals surface area contributed by atoms with Crippen LogP contribution < -0.4 is 16.6 Å². The Kier molecular flexibility index (Phi) is 4.43. The monoisotopic (exact) mass is 356 g/mol. The van der Waals surface area contributed by atoms with Gasteiger partial charge in [0.25, 0.3) is 5.69 Å². The second-order valence-corrected chi connectivity index (χ2v) is 5.21. The molecule has 0 amide bonds. The van der Waals surface area contributed by atoms with E-state index >= 15 is 0 Å². The summed E-state index contributed by atoms with van der Waals surface area (Å²) in [5, 5.41) is 14.5. The first kappa shape index (κ1) is 14.6. The Bertz CT molecular complexity index is 666. The molecule has 0 saturated heterocycles. The van der Waals surface area contributed by atoms with Crippen LogP contribution in [0, 0.1) is 10.1 Å². The van der Waals surface area contributed by atoms with Gasteiger partial charge in [-0.05, 0) is 40.2 Å². The minimum absolute atomic E-state index is 0.0684. The first-order valence-corrected chi connectivity index (χ1v) is 6.65. The number of nitro benzene ring substituents is 1. The normalized spacial score (nSPS) is 10.2.